The van der Waals surface area contributed by atoms with Gasteiger partial charge in [0, 0.05) is 0 Å². The average molecular weight is 429 g/mol. The summed E-state index contributed by atoms with van der Waals surface area (Å²) < 4.78 is 0. The second-order valence-electron chi connectivity index (χ2n) is 14.1. The number of fused-ring (bicyclic) bond motifs is 5. The fourth-order valence-electron chi connectivity index (χ4n) is 9.66. The van der Waals surface area contributed by atoms with Crippen molar-refractivity contribution in [1.82, 2.24) is 0 Å². The van der Waals surface area contributed by atoms with Crippen LogP contribution in [0.1, 0.15) is 113 Å². The predicted molar refractivity (Wildman–Crippen MR) is 133 cm³/mol. The van der Waals surface area contributed by atoms with Gasteiger partial charge in [-0.15, -0.1) is 0 Å². The Morgan fingerprint density at radius 3 is 2.23 bits per heavy atom. The first-order valence-electron chi connectivity index (χ1n) is 13.8. The van der Waals surface area contributed by atoms with Crippen LogP contribution < -0.4 is 0 Å². The van der Waals surface area contributed by atoms with E-state index in [0.29, 0.717) is 16.7 Å². The smallest absolute Gasteiger partial charge is 0.0568 e. The molecule has 0 heterocycles. The van der Waals surface area contributed by atoms with E-state index >= 15 is 0 Å². The highest BCUT2D eigenvalue weighted by molar-refractivity contribution is 5.11. The third-order valence-corrected chi connectivity index (χ3v) is 11.9. The number of hydrogen-bond acceptors (Lipinski definition) is 1. The number of hydrogen-bond donors (Lipinski definition) is 1. The quantitative estimate of drug-likeness (QED) is 0.447. The van der Waals surface area contributed by atoms with Crippen molar-refractivity contribution >= 4 is 0 Å². The van der Waals surface area contributed by atoms with E-state index in [4.69, 9.17) is 0 Å². The van der Waals surface area contributed by atoms with Crippen LogP contribution in [0.25, 0.3) is 0 Å². The van der Waals surface area contributed by atoms with Crippen molar-refractivity contribution in [3.8, 4) is 0 Å². The third-order valence-electron chi connectivity index (χ3n) is 11.9. The van der Waals surface area contributed by atoms with Crippen LogP contribution >= 0.6 is 0 Å². The fraction of sp³-hybridized carbons (Fsp3) is 0.933. The normalized spacial score (nSPS) is 48.5. The molecule has 0 spiro atoms. The van der Waals surface area contributed by atoms with Crippen LogP contribution in [0.5, 0.6) is 0 Å². The summed E-state index contributed by atoms with van der Waals surface area (Å²) in [6, 6.07) is 0. The Kier molecular flexibility index (Phi) is 6.29. The predicted octanol–water partition coefficient (Wildman–Crippen LogP) is 8.27. The Morgan fingerprint density at radius 2 is 1.55 bits per heavy atom. The molecule has 1 N–H and O–H groups in total. The maximum absolute atomic E-state index is 10.5. The number of aliphatic hydroxyl groups excluding tert-OH is 1. The Hall–Kier alpha value is -0.300. The van der Waals surface area contributed by atoms with Crippen LogP contribution in [-0.4, -0.2) is 11.2 Å². The number of rotatable bonds is 4. The van der Waals surface area contributed by atoms with Crippen LogP contribution in [0.2, 0.25) is 0 Å². The van der Waals surface area contributed by atoms with E-state index in [9.17, 15) is 5.11 Å². The molecule has 178 valence electrons. The molecular weight excluding hydrogens is 376 g/mol. The Morgan fingerprint density at radius 1 is 0.935 bits per heavy atom. The lowest BCUT2D eigenvalue weighted by Crippen LogP contribution is -2.56. The van der Waals surface area contributed by atoms with Crippen LogP contribution in [0, 0.1) is 57.7 Å². The minimum absolute atomic E-state index is 0.0527. The molecule has 0 unspecified atom stereocenters. The summed E-state index contributed by atoms with van der Waals surface area (Å²) >= 11 is 0. The molecule has 0 aromatic heterocycles. The van der Waals surface area contributed by atoms with Crippen molar-refractivity contribution in [2.75, 3.05) is 0 Å². The summed E-state index contributed by atoms with van der Waals surface area (Å²) in [4.78, 5) is 0. The van der Waals surface area contributed by atoms with Crippen LogP contribution in [-0.2, 0) is 0 Å². The monoisotopic (exact) mass is 428 g/mol. The lowest BCUT2D eigenvalue weighted by Gasteiger charge is -2.62. The van der Waals surface area contributed by atoms with Gasteiger partial charge in [-0.2, -0.15) is 0 Å². The molecule has 1 nitrogen and oxygen atoms in total. The van der Waals surface area contributed by atoms with Gasteiger partial charge in [-0.1, -0.05) is 60.6 Å². The summed E-state index contributed by atoms with van der Waals surface area (Å²) in [7, 11) is 0. The Balaban J connectivity index is 1.47. The summed E-state index contributed by atoms with van der Waals surface area (Å²) in [6.07, 6.45) is 13.4. The summed E-state index contributed by atoms with van der Waals surface area (Å²) in [5.41, 5.74) is 2.73. The third kappa shape index (κ3) is 3.87. The van der Waals surface area contributed by atoms with Gasteiger partial charge in [0.1, 0.15) is 0 Å². The summed E-state index contributed by atoms with van der Waals surface area (Å²) in [6.45, 7) is 21.6. The first kappa shape index (κ1) is 23.8. The van der Waals surface area contributed by atoms with Gasteiger partial charge in [0.15, 0.2) is 0 Å². The van der Waals surface area contributed by atoms with Crippen molar-refractivity contribution in [2.45, 2.75) is 119 Å². The van der Waals surface area contributed by atoms with Crippen molar-refractivity contribution in [1.29, 1.82) is 0 Å². The molecule has 1 heteroatoms. The molecule has 4 fully saturated rings. The van der Waals surface area contributed by atoms with E-state index in [0.717, 1.165) is 41.9 Å². The zero-order valence-electron chi connectivity index (χ0n) is 21.8. The minimum atomic E-state index is -0.0527. The summed E-state index contributed by atoms with van der Waals surface area (Å²) in [5.74, 6) is 5.79. The molecule has 4 aliphatic carbocycles. The minimum Gasteiger partial charge on any atom is -0.393 e. The second kappa shape index (κ2) is 8.18. The fourth-order valence-corrected chi connectivity index (χ4v) is 9.66. The molecule has 10 atom stereocenters. The Bertz CT molecular complexity index is 672. The first-order valence-corrected chi connectivity index (χ1v) is 13.8. The van der Waals surface area contributed by atoms with Crippen LogP contribution in [0.15, 0.2) is 12.2 Å². The first-order chi connectivity index (χ1) is 14.4. The van der Waals surface area contributed by atoms with Gasteiger partial charge in [-0.05, 0) is 122 Å². The van der Waals surface area contributed by atoms with Crippen molar-refractivity contribution < 1.29 is 5.11 Å². The van der Waals surface area contributed by atoms with E-state index in [1.807, 2.05) is 0 Å². The second-order valence-corrected chi connectivity index (χ2v) is 14.1. The van der Waals surface area contributed by atoms with Gasteiger partial charge in [0.2, 0.25) is 0 Å². The SMILES string of the molecule is C=C(CC[C@@H](C)[C@H]1CC[C@H]2[C@@H]3CC[C@H]4[C@H](C)[C@@H](O)CC[C@]4(C)[C@H]3CC[C@]12C)C(C)(C)C. The van der Waals surface area contributed by atoms with Crippen molar-refractivity contribution in [3.63, 3.8) is 0 Å². The van der Waals surface area contributed by atoms with Gasteiger partial charge in [0.25, 0.3) is 0 Å². The molecule has 0 saturated heterocycles. The molecule has 0 aromatic carbocycles. The van der Waals surface area contributed by atoms with Gasteiger partial charge in [-0.3, -0.25) is 0 Å². The van der Waals surface area contributed by atoms with E-state index in [1.165, 1.54) is 63.4 Å². The highest BCUT2D eigenvalue weighted by atomic mass is 16.3. The molecule has 4 saturated carbocycles. The van der Waals surface area contributed by atoms with E-state index < -0.39 is 0 Å². The van der Waals surface area contributed by atoms with E-state index in [2.05, 4.69) is 55.0 Å². The van der Waals surface area contributed by atoms with Gasteiger partial charge in [0.05, 0.1) is 6.10 Å². The standard InChI is InChI=1S/C30H52O/c1-19(9-10-20(2)28(4,5)6)23-13-14-25-22-11-12-24-21(3)27(31)16-18-30(24,8)26(22)15-17-29(23,25)7/h19,21-27,31H,2,9-18H2,1,3-8H3/t19-,21+,22+,23-,24+,25+,26+,27+,29-,30+/m1/s1. The molecular formula is C30H52O. The summed E-state index contributed by atoms with van der Waals surface area (Å²) in [5, 5.41) is 10.5. The molecule has 0 bridgehead atoms. The highest BCUT2D eigenvalue weighted by Crippen LogP contribution is 2.69. The van der Waals surface area contributed by atoms with Gasteiger partial charge >= 0.3 is 0 Å². The molecule has 4 aliphatic rings. The number of allylic oxidation sites excluding steroid dienone is 1. The van der Waals surface area contributed by atoms with Crippen molar-refractivity contribution in [3.05, 3.63) is 12.2 Å². The van der Waals surface area contributed by atoms with Gasteiger partial charge < -0.3 is 5.11 Å². The zero-order valence-corrected chi connectivity index (χ0v) is 21.8. The van der Waals surface area contributed by atoms with Crippen LogP contribution in [0.4, 0.5) is 0 Å². The molecule has 0 aromatic rings. The maximum atomic E-state index is 10.5. The average Bonchev–Trinajstić information content (AvgIpc) is 3.05. The molecule has 0 radical (unpaired) electrons. The molecule has 0 aliphatic heterocycles. The van der Waals surface area contributed by atoms with Gasteiger partial charge in [-0.25, -0.2) is 0 Å². The van der Waals surface area contributed by atoms with E-state index in [-0.39, 0.29) is 11.5 Å². The zero-order chi connectivity index (χ0) is 22.8. The molecule has 4 rings (SSSR count). The number of aliphatic hydroxyl groups is 1. The molecule has 31 heavy (non-hydrogen) atoms. The lowest BCUT2D eigenvalue weighted by molar-refractivity contribution is -0.149. The van der Waals surface area contributed by atoms with E-state index in [1.54, 1.807) is 0 Å². The highest BCUT2D eigenvalue weighted by Gasteiger charge is 2.61. The Labute approximate surface area is 193 Å². The topological polar surface area (TPSA) is 20.2 Å². The molecule has 0 amide bonds. The lowest BCUT2D eigenvalue weighted by atomic mass is 9.43. The van der Waals surface area contributed by atoms with Crippen LogP contribution in [0.3, 0.4) is 0 Å². The largest absolute Gasteiger partial charge is 0.393 e. The maximum Gasteiger partial charge on any atom is 0.0568 e. The van der Waals surface area contributed by atoms with Crippen molar-refractivity contribution in [2.24, 2.45) is 57.7 Å².